The number of alkyl halides is 3. The van der Waals surface area contributed by atoms with Gasteiger partial charge in [-0.2, -0.15) is 23.7 Å². The zero-order valence-corrected chi connectivity index (χ0v) is 12.6. The van der Waals surface area contributed by atoms with E-state index < -0.39 is 40.5 Å². The van der Waals surface area contributed by atoms with Crippen LogP contribution < -0.4 is 10.9 Å². The summed E-state index contributed by atoms with van der Waals surface area (Å²) in [5.74, 6) is -4.09. The van der Waals surface area contributed by atoms with E-state index in [4.69, 9.17) is 10.5 Å². The van der Waals surface area contributed by atoms with Gasteiger partial charge in [-0.05, 0) is 30.3 Å². The number of carbonyl (C=O) groups excluding carboxylic acids is 1. The molecule has 2 aromatic carbocycles. The third-order valence-corrected chi connectivity index (χ3v) is 3.16. The van der Waals surface area contributed by atoms with Gasteiger partial charge in [0.15, 0.2) is 0 Å². The summed E-state index contributed by atoms with van der Waals surface area (Å²) < 4.78 is 66.5. The molecule has 2 N–H and O–H groups in total. The summed E-state index contributed by atoms with van der Waals surface area (Å²) in [7, 11) is 0. The third-order valence-electron chi connectivity index (χ3n) is 3.16. The number of benzene rings is 2. The second kappa shape index (κ2) is 7.07. The van der Waals surface area contributed by atoms with Crippen LogP contribution in [0.1, 0.15) is 27.0 Å². The zero-order chi connectivity index (χ0) is 19.5. The van der Waals surface area contributed by atoms with Crippen molar-refractivity contribution in [2.75, 3.05) is 5.43 Å². The number of nitrogens with zero attached hydrogens (tertiary/aromatic N) is 2. The van der Waals surface area contributed by atoms with Gasteiger partial charge >= 0.3 is 6.18 Å². The van der Waals surface area contributed by atoms with Crippen LogP contribution in [0.3, 0.4) is 0 Å². The topological polar surface area (TPSA) is 88.7 Å². The van der Waals surface area contributed by atoms with Crippen LogP contribution in [0.4, 0.5) is 27.6 Å². The highest BCUT2D eigenvalue weighted by Gasteiger charge is 2.34. The number of amides is 1. The van der Waals surface area contributed by atoms with Crippen molar-refractivity contribution in [3.8, 4) is 12.1 Å². The number of anilines is 1. The molecule has 10 heteroatoms. The first-order chi connectivity index (χ1) is 12.2. The van der Waals surface area contributed by atoms with Crippen molar-refractivity contribution in [1.29, 1.82) is 10.5 Å². The van der Waals surface area contributed by atoms with Gasteiger partial charge in [0.25, 0.3) is 5.91 Å². The highest BCUT2D eigenvalue weighted by molar-refractivity contribution is 5.95. The van der Waals surface area contributed by atoms with Gasteiger partial charge in [0.2, 0.25) is 0 Å². The van der Waals surface area contributed by atoms with Crippen molar-refractivity contribution in [3.63, 3.8) is 0 Å². The fraction of sp³-hybridized carbons (Fsp3) is 0.0625. The number of rotatable bonds is 3. The van der Waals surface area contributed by atoms with Gasteiger partial charge in [-0.15, -0.1) is 0 Å². The molecule has 132 valence electrons. The van der Waals surface area contributed by atoms with Gasteiger partial charge in [-0.25, -0.2) is 8.78 Å². The van der Waals surface area contributed by atoms with Gasteiger partial charge in [-0.1, -0.05) is 0 Å². The van der Waals surface area contributed by atoms with Crippen molar-refractivity contribution < 1.29 is 26.7 Å². The maximum atomic E-state index is 13.7. The Kier molecular flexibility index (Phi) is 5.08. The molecule has 26 heavy (non-hydrogen) atoms. The third kappa shape index (κ3) is 3.87. The van der Waals surface area contributed by atoms with Gasteiger partial charge in [-0.3, -0.25) is 15.6 Å². The Morgan fingerprint density at radius 3 is 2.04 bits per heavy atom. The molecular formula is C16H7F5N4O. The molecule has 5 nitrogen and oxygen atoms in total. The molecule has 0 atom stereocenters. The lowest BCUT2D eigenvalue weighted by Gasteiger charge is -2.15. The number of nitrogens with one attached hydrogen (secondary N) is 2. The lowest BCUT2D eigenvalue weighted by atomic mass is 10.1. The van der Waals surface area contributed by atoms with Crippen LogP contribution in [0.5, 0.6) is 0 Å². The Labute approximate surface area is 143 Å². The predicted molar refractivity (Wildman–Crippen MR) is 78.3 cm³/mol. The highest BCUT2D eigenvalue weighted by Crippen LogP contribution is 2.35. The van der Waals surface area contributed by atoms with Gasteiger partial charge in [0.05, 0.1) is 34.5 Å². The van der Waals surface area contributed by atoms with E-state index in [2.05, 4.69) is 0 Å². The molecule has 2 aromatic rings. The molecule has 1 amide bonds. The van der Waals surface area contributed by atoms with Crippen molar-refractivity contribution in [2.45, 2.75) is 6.18 Å². The van der Waals surface area contributed by atoms with Crippen LogP contribution in [0.15, 0.2) is 30.3 Å². The van der Waals surface area contributed by atoms with Crippen LogP contribution in [0.25, 0.3) is 0 Å². The van der Waals surface area contributed by atoms with Crippen LogP contribution in [-0.2, 0) is 6.18 Å². The highest BCUT2D eigenvalue weighted by atomic mass is 19.4. The molecule has 2 rings (SSSR count). The molecule has 0 bridgehead atoms. The second-order valence-corrected chi connectivity index (χ2v) is 4.88. The number of hydrogen-bond donors (Lipinski definition) is 2. The van der Waals surface area contributed by atoms with Crippen LogP contribution in [0.2, 0.25) is 0 Å². The summed E-state index contributed by atoms with van der Waals surface area (Å²) in [6.45, 7) is 0. The Morgan fingerprint density at radius 1 is 0.962 bits per heavy atom. The van der Waals surface area contributed by atoms with Crippen LogP contribution >= 0.6 is 0 Å². The quantitative estimate of drug-likeness (QED) is 0.643. The summed E-state index contributed by atoms with van der Waals surface area (Å²) in [6.07, 6.45) is -4.84. The average molecular weight is 366 g/mol. The minimum absolute atomic E-state index is 0.265. The van der Waals surface area contributed by atoms with E-state index in [0.717, 1.165) is 12.1 Å². The molecule has 0 aliphatic heterocycles. The Balaban J connectivity index is 2.29. The molecule has 0 aliphatic carbocycles. The fourth-order valence-electron chi connectivity index (χ4n) is 2.00. The Hall–Kier alpha value is -3.66. The standard InChI is InChI=1S/C16H7F5N4O/c17-11-4-9(7-23)5-12(18)14(11)15(26)25-24-13-2-1-8(6-22)3-10(13)16(19,20)21/h1-5,24H,(H,25,26). The molecule has 0 aliphatic rings. The smallest absolute Gasteiger partial charge is 0.298 e. The van der Waals surface area contributed by atoms with Crippen LogP contribution in [-0.4, -0.2) is 5.91 Å². The summed E-state index contributed by atoms with van der Waals surface area (Å²) in [6, 6.07) is 6.75. The number of hydrogen-bond acceptors (Lipinski definition) is 4. The normalized spacial score (nSPS) is 10.6. The Morgan fingerprint density at radius 2 is 1.54 bits per heavy atom. The minimum Gasteiger partial charge on any atom is -0.298 e. The van der Waals surface area contributed by atoms with Gasteiger partial charge < -0.3 is 0 Å². The first-order valence-electron chi connectivity index (χ1n) is 6.74. The average Bonchev–Trinajstić information content (AvgIpc) is 2.58. The number of halogens is 5. The lowest BCUT2D eigenvalue weighted by molar-refractivity contribution is -0.137. The molecule has 0 spiro atoms. The maximum Gasteiger partial charge on any atom is 0.418 e. The monoisotopic (exact) mass is 366 g/mol. The van der Waals surface area contributed by atoms with E-state index in [1.54, 1.807) is 11.5 Å². The summed E-state index contributed by atoms with van der Waals surface area (Å²) in [5.41, 5.74) is 0.0960. The summed E-state index contributed by atoms with van der Waals surface area (Å²) in [5, 5.41) is 17.3. The molecule has 0 radical (unpaired) electrons. The van der Waals surface area contributed by atoms with Crippen molar-refractivity contribution in [3.05, 3.63) is 64.2 Å². The number of nitriles is 2. The maximum absolute atomic E-state index is 13.7. The van der Waals surface area contributed by atoms with Crippen molar-refractivity contribution in [2.24, 2.45) is 0 Å². The lowest BCUT2D eigenvalue weighted by Crippen LogP contribution is -2.32. The largest absolute Gasteiger partial charge is 0.418 e. The fourth-order valence-corrected chi connectivity index (χ4v) is 2.00. The molecule has 0 aromatic heterocycles. The summed E-state index contributed by atoms with van der Waals surface area (Å²) >= 11 is 0. The summed E-state index contributed by atoms with van der Waals surface area (Å²) in [4.78, 5) is 11.9. The minimum atomic E-state index is -4.84. The molecule has 0 saturated heterocycles. The van der Waals surface area contributed by atoms with E-state index in [9.17, 15) is 26.7 Å². The number of hydrazine groups is 1. The molecular weight excluding hydrogens is 359 g/mol. The van der Waals surface area contributed by atoms with Gasteiger partial charge in [0.1, 0.15) is 17.2 Å². The second-order valence-electron chi connectivity index (χ2n) is 4.88. The number of carbonyl (C=O) groups is 1. The first-order valence-corrected chi connectivity index (χ1v) is 6.74. The zero-order valence-electron chi connectivity index (χ0n) is 12.6. The molecule has 0 saturated carbocycles. The first kappa shape index (κ1) is 18.7. The Bertz CT molecular complexity index is 934. The SMILES string of the molecule is N#Cc1cc(F)c(C(=O)NNc2ccc(C#N)cc2C(F)(F)F)c(F)c1. The molecule has 0 fully saturated rings. The van der Waals surface area contributed by atoms with E-state index >= 15 is 0 Å². The predicted octanol–water partition coefficient (Wildman–Crippen LogP) is 3.48. The van der Waals surface area contributed by atoms with E-state index in [1.807, 2.05) is 5.43 Å². The van der Waals surface area contributed by atoms with E-state index in [-0.39, 0.29) is 11.1 Å². The van der Waals surface area contributed by atoms with Crippen LogP contribution in [0, 0.1) is 34.3 Å². The van der Waals surface area contributed by atoms with Gasteiger partial charge in [0, 0.05) is 0 Å². The molecule has 0 unspecified atom stereocenters. The molecule has 0 heterocycles. The van der Waals surface area contributed by atoms with Crippen molar-refractivity contribution in [1.82, 2.24) is 5.43 Å². The van der Waals surface area contributed by atoms with Crippen molar-refractivity contribution >= 4 is 11.6 Å². The van der Waals surface area contributed by atoms with E-state index in [1.165, 1.54) is 6.07 Å². The van der Waals surface area contributed by atoms with E-state index in [0.29, 0.717) is 18.2 Å².